The molecule has 0 spiro atoms. The summed E-state index contributed by atoms with van der Waals surface area (Å²) in [4.78, 5) is 30.8. The van der Waals surface area contributed by atoms with Crippen LogP contribution in [0.25, 0.3) is 0 Å². The molecule has 6 heteroatoms. The third-order valence-electron chi connectivity index (χ3n) is 5.89. The number of benzene rings is 1. The van der Waals surface area contributed by atoms with Crippen LogP contribution in [0.3, 0.4) is 0 Å². The number of nitrogens with zero attached hydrogens (tertiary/aromatic N) is 1. The van der Waals surface area contributed by atoms with E-state index in [9.17, 15) is 9.59 Å². The lowest BCUT2D eigenvalue weighted by Crippen LogP contribution is -2.36. The first-order valence-corrected chi connectivity index (χ1v) is 10.5. The lowest BCUT2D eigenvalue weighted by atomic mass is 9.72. The van der Waals surface area contributed by atoms with Crippen molar-refractivity contribution < 1.29 is 19.1 Å². The van der Waals surface area contributed by atoms with Crippen LogP contribution in [0, 0.1) is 0 Å². The number of ether oxygens (including phenoxy) is 2. The van der Waals surface area contributed by atoms with Crippen LogP contribution >= 0.6 is 0 Å². The Hall–Kier alpha value is -3.41. The van der Waals surface area contributed by atoms with Gasteiger partial charge >= 0.3 is 5.97 Å². The van der Waals surface area contributed by atoms with Crippen molar-refractivity contribution in [3.8, 4) is 5.75 Å². The van der Waals surface area contributed by atoms with Crippen LogP contribution in [0.1, 0.15) is 49.8 Å². The van der Waals surface area contributed by atoms with Gasteiger partial charge in [0.15, 0.2) is 5.78 Å². The summed E-state index contributed by atoms with van der Waals surface area (Å²) in [5.74, 6) is -0.177. The maximum atomic E-state index is 13.5. The number of hydrogen-bond acceptors (Lipinski definition) is 6. The van der Waals surface area contributed by atoms with Crippen molar-refractivity contribution in [3.63, 3.8) is 0 Å². The Labute approximate surface area is 182 Å². The van der Waals surface area contributed by atoms with Gasteiger partial charge in [0.2, 0.25) is 0 Å². The second-order valence-corrected chi connectivity index (χ2v) is 7.73. The molecule has 0 amide bonds. The minimum Gasteiger partial charge on any atom is -0.496 e. The average Bonchev–Trinajstić information content (AvgIpc) is 2.78. The summed E-state index contributed by atoms with van der Waals surface area (Å²) in [6, 6.07) is 13.3. The van der Waals surface area contributed by atoms with Crippen molar-refractivity contribution in [2.45, 2.75) is 38.5 Å². The van der Waals surface area contributed by atoms with Gasteiger partial charge in [0.1, 0.15) is 5.75 Å². The number of methoxy groups -OCH3 is 1. The molecule has 6 nitrogen and oxygen atoms in total. The zero-order valence-electron chi connectivity index (χ0n) is 18.0. The van der Waals surface area contributed by atoms with Gasteiger partial charge in [-0.15, -0.1) is 0 Å². The van der Waals surface area contributed by atoms with Crippen LogP contribution in [-0.4, -0.2) is 30.5 Å². The van der Waals surface area contributed by atoms with Gasteiger partial charge in [-0.1, -0.05) is 24.3 Å². The van der Waals surface area contributed by atoms with Gasteiger partial charge in [-0.25, -0.2) is 4.79 Å². The number of ketones is 1. The van der Waals surface area contributed by atoms with E-state index in [1.807, 2.05) is 49.4 Å². The van der Waals surface area contributed by atoms with E-state index in [1.54, 1.807) is 20.2 Å². The summed E-state index contributed by atoms with van der Waals surface area (Å²) >= 11 is 0. The SMILES string of the molecule is CCOC(=O)C1=C(C)NC2=C(C(=O)CC(c3ccccc3OC)C2)C1c1ccccn1. The Morgan fingerprint density at radius 2 is 1.94 bits per heavy atom. The zero-order chi connectivity index (χ0) is 22.0. The fourth-order valence-electron chi connectivity index (χ4n) is 4.58. The highest BCUT2D eigenvalue weighted by Gasteiger charge is 2.42. The van der Waals surface area contributed by atoms with E-state index >= 15 is 0 Å². The van der Waals surface area contributed by atoms with E-state index in [2.05, 4.69) is 10.3 Å². The number of hydrogen-bond donors (Lipinski definition) is 1. The van der Waals surface area contributed by atoms with Crippen molar-refractivity contribution in [2.75, 3.05) is 13.7 Å². The molecular formula is C25H26N2O4. The highest BCUT2D eigenvalue weighted by Crippen LogP contribution is 2.46. The number of Topliss-reactive ketones (excluding diaryl/α,β-unsaturated/α-hetero) is 1. The van der Waals surface area contributed by atoms with Gasteiger partial charge in [0.25, 0.3) is 0 Å². The van der Waals surface area contributed by atoms with E-state index in [-0.39, 0.29) is 18.3 Å². The van der Waals surface area contributed by atoms with Gasteiger partial charge in [0.05, 0.1) is 30.9 Å². The summed E-state index contributed by atoms with van der Waals surface area (Å²) in [7, 11) is 1.64. The molecule has 0 saturated carbocycles. The number of carbonyl (C=O) groups excluding carboxylic acids is 2. The fourth-order valence-corrected chi connectivity index (χ4v) is 4.58. The predicted octanol–water partition coefficient (Wildman–Crippen LogP) is 4.01. The first-order chi connectivity index (χ1) is 15.0. The molecule has 1 aliphatic carbocycles. The molecule has 0 fully saturated rings. The van der Waals surface area contributed by atoms with Crippen molar-refractivity contribution in [3.05, 3.63) is 82.5 Å². The first-order valence-electron chi connectivity index (χ1n) is 10.5. The van der Waals surface area contributed by atoms with Crippen LogP contribution in [0.4, 0.5) is 0 Å². The van der Waals surface area contributed by atoms with Gasteiger partial charge < -0.3 is 14.8 Å². The third kappa shape index (κ3) is 3.85. The molecule has 1 aromatic carbocycles. The average molecular weight is 418 g/mol. The maximum Gasteiger partial charge on any atom is 0.336 e. The van der Waals surface area contributed by atoms with Crippen LogP contribution in [0.15, 0.2) is 71.2 Å². The molecule has 2 aromatic rings. The molecular weight excluding hydrogens is 392 g/mol. The molecule has 160 valence electrons. The van der Waals surface area contributed by atoms with Crippen LogP contribution < -0.4 is 10.1 Å². The fraction of sp³-hybridized carbons (Fsp3) is 0.320. The largest absolute Gasteiger partial charge is 0.496 e. The molecule has 0 bridgehead atoms. The standard InChI is InChI=1S/C25H26N2O4/c1-4-31-25(29)22-15(2)27-19-13-16(17-9-5-6-11-21(17)30-3)14-20(28)23(19)24(22)18-10-7-8-12-26-18/h5-12,16,24,27H,4,13-14H2,1-3H3. The number of rotatable bonds is 5. The topological polar surface area (TPSA) is 77.5 Å². The minimum absolute atomic E-state index is 0.00349. The van der Waals surface area contributed by atoms with Crippen molar-refractivity contribution in [1.29, 1.82) is 0 Å². The minimum atomic E-state index is -0.539. The molecule has 1 N–H and O–H groups in total. The van der Waals surface area contributed by atoms with Gasteiger partial charge in [0, 0.05) is 35.5 Å². The summed E-state index contributed by atoms with van der Waals surface area (Å²) in [5, 5.41) is 3.34. The molecule has 31 heavy (non-hydrogen) atoms. The van der Waals surface area contributed by atoms with Crippen molar-refractivity contribution in [1.82, 2.24) is 10.3 Å². The highest BCUT2D eigenvalue weighted by atomic mass is 16.5. The van der Waals surface area contributed by atoms with Crippen molar-refractivity contribution >= 4 is 11.8 Å². The Balaban J connectivity index is 1.79. The molecule has 2 unspecified atom stereocenters. The molecule has 2 aliphatic rings. The Morgan fingerprint density at radius 1 is 1.16 bits per heavy atom. The molecule has 0 saturated heterocycles. The first kappa shape index (κ1) is 20.8. The van der Waals surface area contributed by atoms with E-state index in [4.69, 9.17) is 9.47 Å². The number of aromatic nitrogens is 1. The van der Waals surface area contributed by atoms with Crippen molar-refractivity contribution in [2.24, 2.45) is 0 Å². The zero-order valence-corrected chi connectivity index (χ0v) is 18.0. The molecule has 1 aromatic heterocycles. The Kier molecular flexibility index (Phi) is 5.89. The van der Waals surface area contributed by atoms with E-state index in [1.165, 1.54) is 0 Å². The maximum absolute atomic E-state index is 13.5. The Bertz CT molecular complexity index is 1070. The normalized spacial score (nSPS) is 20.8. The van der Waals surface area contributed by atoms with E-state index in [0.29, 0.717) is 35.4 Å². The summed E-state index contributed by atoms with van der Waals surface area (Å²) in [6.45, 7) is 3.89. The number of esters is 1. The molecule has 2 atom stereocenters. The van der Waals surface area contributed by atoms with Crippen LogP contribution in [0.5, 0.6) is 5.75 Å². The van der Waals surface area contributed by atoms with Gasteiger partial charge in [-0.2, -0.15) is 0 Å². The number of dihydropyridines is 1. The molecule has 0 radical (unpaired) electrons. The summed E-state index contributed by atoms with van der Waals surface area (Å²) in [5.41, 5.74) is 4.28. The second-order valence-electron chi connectivity index (χ2n) is 7.73. The number of allylic oxidation sites excluding steroid dienone is 3. The van der Waals surface area contributed by atoms with Gasteiger partial charge in [-0.05, 0) is 44.0 Å². The second kappa shape index (κ2) is 8.76. The van der Waals surface area contributed by atoms with E-state index in [0.717, 1.165) is 17.0 Å². The monoisotopic (exact) mass is 418 g/mol. The quantitative estimate of drug-likeness (QED) is 0.739. The number of para-hydroxylation sites is 1. The van der Waals surface area contributed by atoms with Gasteiger partial charge in [-0.3, -0.25) is 9.78 Å². The lowest BCUT2D eigenvalue weighted by molar-refractivity contribution is -0.138. The Morgan fingerprint density at radius 3 is 2.65 bits per heavy atom. The van der Waals surface area contributed by atoms with E-state index < -0.39 is 11.9 Å². The predicted molar refractivity (Wildman–Crippen MR) is 116 cm³/mol. The molecule has 1 aliphatic heterocycles. The van der Waals surface area contributed by atoms with Crippen LogP contribution in [-0.2, 0) is 14.3 Å². The highest BCUT2D eigenvalue weighted by molar-refractivity contribution is 6.04. The number of nitrogens with one attached hydrogen (secondary N) is 1. The molecule has 4 rings (SSSR count). The number of pyridine rings is 1. The molecule has 2 heterocycles. The summed E-state index contributed by atoms with van der Waals surface area (Å²) in [6.07, 6.45) is 2.68. The smallest absolute Gasteiger partial charge is 0.336 e. The summed E-state index contributed by atoms with van der Waals surface area (Å²) < 4.78 is 10.9. The third-order valence-corrected chi connectivity index (χ3v) is 5.89. The number of carbonyl (C=O) groups is 2. The van der Waals surface area contributed by atoms with Crippen LogP contribution in [0.2, 0.25) is 0 Å². The lowest BCUT2D eigenvalue weighted by Gasteiger charge is -2.36.